The van der Waals surface area contributed by atoms with E-state index in [0.717, 1.165) is 0 Å². The van der Waals surface area contributed by atoms with E-state index in [0.29, 0.717) is 17.9 Å². The highest BCUT2D eigenvalue weighted by atomic mass is 32.2. The number of anilines is 1. The highest BCUT2D eigenvalue weighted by Gasteiger charge is 2.27. The number of benzene rings is 1. The number of sulfone groups is 1. The average Bonchev–Trinajstić information content (AvgIpc) is 2.52. The van der Waals surface area contributed by atoms with Gasteiger partial charge in [0.1, 0.15) is 11.0 Å². The molecule has 0 aromatic heterocycles. The zero-order valence-corrected chi connectivity index (χ0v) is 15.2. The number of hydrogen-bond acceptors (Lipinski definition) is 5. The van der Waals surface area contributed by atoms with Crippen LogP contribution in [0.15, 0.2) is 24.3 Å². The molecule has 0 aliphatic heterocycles. The lowest BCUT2D eigenvalue weighted by molar-refractivity contribution is -0.130. The van der Waals surface area contributed by atoms with Crippen LogP contribution in [0.1, 0.15) is 20.3 Å². The molecule has 2 amide bonds. The first-order valence-corrected chi connectivity index (χ1v) is 9.34. The molecule has 0 radical (unpaired) electrons. The SMILES string of the molecule is CCCS(=O)(=O)C(C)C(=O)Nc1ccc(OCC(=O)N(C)C)cc1. The molecule has 134 valence electrons. The Hall–Kier alpha value is -2.09. The zero-order valence-electron chi connectivity index (χ0n) is 14.4. The number of nitrogens with zero attached hydrogens (tertiary/aromatic N) is 1. The third-order valence-corrected chi connectivity index (χ3v) is 5.65. The fraction of sp³-hybridized carbons (Fsp3) is 0.500. The summed E-state index contributed by atoms with van der Waals surface area (Å²) in [5.74, 6) is -0.272. The monoisotopic (exact) mass is 356 g/mol. The van der Waals surface area contributed by atoms with Crippen LogP contribution in [0.3, 0.4) is 0 Å². The Kier molecular flexibility index (Phi) is 7.21. The maximum Gasteiger partial charge on any atom is 0.259 e. The van der Waals surface area contributed by atoms with Gasteiger partial charge in [-0.3, -0.25) is 9.59 Å². The smallest absolute Gasteiger partial charge is 0.259 e. The molecule has 0 saturated heterocycles. The van der Waals surface area contributed by atoms with E-state index in [1.165, 1.54) is 11.8 Å². The summed E-state index contributed by atoms with van der Waals surface area (Å²) < 4.78 is 29.1. The van der Waals surface area contributed by atoms with Crippen molar-refractivity contribution in [3.05, 3.63) is 24.3 Å². The molecule has 0 heterocycles. The molecule has 24 heavy (non-hydrogen) atoms. The molecule has 7 nitrogen and oxygen atoms in total. The second kappa shape index (κ2) is 8.68. The van der Waals surface area contributed by atoms with Gasteiger partial charge in [0.25, 0.3) is 5.91 Å². The van der Waals surface area contributed by atoms with Gasteiger partial charge in [-0.05, 0) is 37.6 Å². The Morgan fingerprint density at radius 1 is 1.21 bits per heavy atom. The van der Waals surface area contributed by atoms with Crippen molar-refractivity contribution in [1.29, 1.82) is 0 Å². The van der Waals surface area contributed by atoms with Crippen LogP contribution in [0.4, 0.5) is 5.69 Å². The molecule has 0 saturated carbocycles. The molecule has 1 rings (SSSR count). The largest absolute Gasteiger partial charge is 0.484 e. The summed E-state index contributed by atoms with van der Waals surface area (Å²) in [5.41, 5.74) is 0.463. The van der Waals surface area contributed by atoms with Crippen LogP contribution in [0.25, 0.3) is 0 Å². The molecule has 0 bridgehead atoms. The third kappa shape index (κ3) is 5.84. The zero-order chi connectivity index (χ0) is 18.3. The Morgan fingerprint density at radius 2 is 1.79 bits per heavy atom. The fourth-order valence-corrected chi connectivity index (χ4v) is 3.08. The van der Waals surface area contributed by atoms with Crippen molar-refractivity contribution in [1.82, 2.24) is 4.90 Å². The number of carbonyl (C=O) groups excluding carboxylic acids is 2. The van der Waals surface area contributed by atoms with Gasteiger partial charge >= 0.3 is 0 Å². The number of amides is 2. The molecule has 1 aromatic rings. The van der Waals surface area contributed by atoms with Crippen LogP contribution in [0.5, 0.6) is 5.75 Å². The predicted octanol–water partition coefficient (Wildman–Crippen LogP) is 1.31. The van der Waals surface area contributed by atoms with Gasteiger partial charge in [0, 0.05) is 19.8 Å². The summed E-state index contributed by atoms with van der Waals surface area (Å²) in [6, 6.07) is 6.38. The predicted molar refractivity (Wildman–Crippen MR) is 92.8 cm³/mol. The summed E-state index contributed by atoms with van der Waals surface area (Å²) in [7, 11) is -0.169. The lowest BCUT2D eigenvalue weighted by Gasteiger charge is -2.14. The molecule has 1 aromatic carbocycles. The third-order valence-electron chi connectivity index (χ3n) is 3.38. The van der Waals surface area contributed by atoms with Crippen molar-refractivity contribution in [2.45, 2.75) is 25.5 Å². The van der Waals surface area contributed by atoms with Crippen molar-refractivity contribution in [2.24, 2.45) is 0 Å². The van der Waals surface area contributed by atoms with Crippen molar-refractivity contribution in [3.63, 3.8) is 0 Å². The van der Waals surface area contributed by atoms with Crippen LogP contribution in [0.2, 0.25) is 0 Å². The van der Waals surface area contributed by atoms with E-state index in [9.17, 15) is 18.0 Å². The van der Waals surface area contributed by atoms with E-state index in [4.69, 9.17) is 4.74 Å². The number of hydrogen-bond donors (Lipinski definition) is 1. The lowest BCUT2D eigenvalue weighted by atomic mass is 10.3. The van der Waals surface area contributed by atoms with Gasteiger partial charge < -0.3 is 15.0 Å². The van der Waals surface area contributed by atoms with Crippen molar-refractivity contribution < 1.29 is 22.7 Å². The molecular formula is C16H24N2O5S. The van der Waals surface area contributed by atoms with E-state index in [2.05, 4.69) is 5.32 Å². The summed E-state index contributed by atoms with van der Waals surface area (Å²) in [6.07, 6.45) is 0.470. The van der Waals surface area contributed by atoms with E-state index in [1.54, 1.807) is 45.3 Å². The molecule has 0 aliphatic rings. The lowest BCUT2D eigenvalue weighted by Crippen LogP contribution is -2.34. The van der Waals surface area contributed by atoms with Crippen LogP contribution in [-0.4, -0.2) is 56.8 Å². The quantitative estimate of drug-likeness (QED) is 0.758. The average molecular weight is 356 g/mol. The Labute approximate surface area is 142 Å². The normalized spacial score (nSPS) is 12.3. The van der Waals surface area contributed by atoms with Gasteiger partial charge in [-0.15, -0.1) is 0 Å². The summed E-state index contributed by atoms with van der Waals surface area (Å²) in [5, 5.41) is 1.46. The van der Waals surface area contributed by atoms with E-state index < -0.39 is 21.0 Å². The van der Waals surface area contributed by atoms with Crippen molar-refractivity contribution in [2.75, 3.05) is 31.8 Å². The van der Waals surface area contributed by atoms with Crippen LogP contribution in [-0.2, 0) is 19.4 Å². The van der Waals surface area contributed by atoms with Gasteiger partial charge in [0.05, 0.1) is 5.75 Å². The topological polar surface area (TPSA) is 92.8 Å². The van der Waals surface area contributed by atoms with Gasteiger partial charge in [-0.1, -0.05) is 6.92 Å². The highest BCUT2D eigenvalue weighted by molar-refractivity contribution is 7.92. The number of nitrogens with one attached hydrogen (secondary N) is 1. The summed E-state index contributed by atoms with van der Waals surface area (Å²) in [6.45, 7) is 3.05. The highest BCUT2D eigenvalue weighted by Crippen LogP contribution is 2.17. The van der Waals surface area contributed by atoms with Crippen LogP contribution < -0.4 is 10.1 Å². The molecule has 1 unspecified atom stereocenters. The van der Waals surface area contributed by atoms with Gasteiger partial charge in [0.2, 0.25) is 5.91 Å². The molecule has 0 fully saturated rings. The molecule has 0 spiro atoms. The summed E-state index contributed by atoms with van der Waals surface area (Å²) in [4.78, 5) is 24.9. The number of carbonyl (C=O) groups is 2. The maximum absolute atomic E-state index is 12.0. The number of ether oxygens (including phenoxy) is 1. The fourth-order valence-electron chi connectivity index (χ4n) is 1.78. The van der Waals surface area contributed by atoms with Crippen molar-refractivity contribution >= 4 is 27.3 Å². The van der Waals surface area contributed by atoms with Crippen LogP contribution >= 0.6 is 0 Å². The van der Waals surface area contributed by atoms with Crippen molar-refractivity contribution in [3.8, 4) is 5.75 Å². The van der Waals surface area contributed by atoms with Gasteiger partial charge in [0.15, 0.2) is 16.4 Å². The summed E-state index contributed by atoms with van der Waals surface area (Å²) >= 11 is 0. The first-order chi connectivity index (χ1) is 11.2. The minimum absolute atomic E-state index is 0.0196. The van der Waals surface area contributed by atoms with E-state index in [-0.39, 0.29) is 18.3 Å². The number of likely N-dealkylation sites (N-methyl/N-ethyl adjacent to an activating group) is 1. The Balaban J connectivity index is 2.64. The Morgan fingerprint density at radius 3 is 2.29 bits per heavy atom. The first kappa shape index (κ1) is 20.0. The molecule has 1 atom stereocenters. The first-order valence-electron chi connectivity index (χ1n) is 7.62. The Bertz CT molecular complexity index is 668. The molecule has 1 N–H and O–H groups in total. The number of rotatable bonds is 8. The maximum atomic E-state index is 12.0. The van der Waals surface area contributed by atoms with E-state index >= 15 is 0 Å². The van der Waals surface area contributed by atoms with E-state index in [1.807, 2.05) is 0 Å². The van der Waals surface area contributed by atoms with Crippen LogP contribution in [0, 0.1) is 0 Å². The van der Waals surface area contributed by atoms with Gasteiger partial charge in [-0.25, -0.2) is 8.42 Å². The minimum Gasteiger partial charge on any atom is -0.484 e. The standard InChI is InChI=1S/C16H24N2O5S/c1-5-10-24(21,22)12(2)16(20)17-13-6-8-14(9-7-13)23-11-15(19)18(3)4/h6-9,12H,5,10-11H2,1-4H3,(H,17,20). The molecule has 8 heteroatoms. The second-order valence-electron chi connectivity index (χ2n) is 5.60. The molecule has 0 aliphatic carbocycles. The molecular weight excluding hydrogens is 332 g/mol. The minimum atomic E-state index is -3.44. The second-order valence-corrected chi connectivity index (χ2v) is 8.04. The van der Waals surface area contributed by atoms with Gasteiger partial charge in [-0.2, -0.15) is 0 Å².